The van der Waals surface area contributed by atoms with E-state index in [-0.39, 0.29) is 17.6 Å². The predicted octanol–water partition coefficient (Wildman–Crippen LogP) is 3.12. The van der Waals surface area contributed by atoms with Gasteiger partial charge >= 0.3 is 0 Å². The van der Waals surface area contributed by atoms with E-state index < -0.39 is 12.7 Å². The highest BCUT2D eigenvalue weighted by Gasteiger charge is 2.36. The lowest BCUT2D eigenvalue weighted by molar-refractivity contribution is -0.128. The number of anilines is 1. The highest BCUT2D eigenvalue weighted by atomic mass is 16.5. The summed E-state index contributed by atoms with van der Waals surface area (Å²) in [5.41, 5.74) is 3.07. The smallest absolute Gasteiger partial charge is 0.268 e. The van der Waals surface area contributed by atoms with Gasteiger partial charge in [-0.25, -0.2) is 0 Å². The van der Waals surface area contributed by atoms with Crippen LogP contribution in [-0.4, -0.2) is 29.5 Å². The van der Waals surface area contributed by atoms with Crippen LogP contribution in [-0.2, 0) is 11.3 Å². The number of hydrogen-bond donors (Lipinski definition) is 1. The van der Waals surface area contributed by atoms with Crippen molar-refractivity contribution in [3.63, 3.8) is 0 Å². The summed E-state index contributed by atoms with van der Waals surface area (Å²) in [4.78, 5) is 26.5. The number of rotatable bonds is 5. The third-order valence-corrected chi connectivity index (χ3v) is 4.55. The fourth-order valence-corrected chi connectivity index (χ4v) is 3.01. The molecule has 1 aliphatic heterocycles. The molecule has 136 valence electrons. The zero-order valence-corrected chi connectivity index (χ0v) is 15.2. The van der Waals surface area contributed by atoms with E-state index in [4.69, 9.17) is 9.84 Å². The summed E-state index contributed by atoms with van der Waals surface area (Å²) in [6.07, 6.45) is -0.563. The minimum absolute atomic E-state index is 0.0231. The number of aliphatic hydroxyl groups excluding tert-OH is 1. The molecule has 2 aromatic rings. The summed E-state index contributed by atoms with van der Waals surface area (Å²) in [6.45, 7) is 5.73. The van der Waals surface area contributed by atoms with Gasteiger partial charge in [-0.15, -0.1) is 0 Å². The number of ketones is 1. The Balaban J connectivity index is 2.03. The van der Waals surface area contributed by atoms with E-state index in [9.17, 15) is 9.59 Å². The Morgan fingerprint density at radius 3 is 2.50 bits per heavy atom. The molecular formula is C21H23NO4. The highest BCUT2D eigenvalue weighted by molar-refractivity contribution is 6.03. The van der Waals surface area contributed by atoms with Crippen molar-refractivity contribution in [2.45, 2.75) is 33.4 Å². The number of nitrogens with zero attached hydrogens (tertiary/aromatic N) is 1. The Bertz CT molecular complexity index is 826. The van der Waals surface area contributed by atoms with Crippen molar-refractivity contribution in [2.75, 3.05) is 11.5 Å². The molecule has 0 aliphatic carbocycles. The van der Waals surface area contributed by atoms with Crippen molar-refractivity contribution in [1.82, 2.24) is 0 Å². The van der Waals surface area contributed by atoms with Crippen LogP contribution in [0.15, 0.2) is 42.5 Å². The number of aryl methyl sites for hydroxylation is 1. The first-order chi connectivity index (χ1) is 12.4. The van der Waals surface area contributed by atoms with Gasteiger partial charge in [0.05, 0.1) is 12.2 Å². The molecule has 1 unspecified atom stereocenters. The van der Waals surface area contributed by atoms with Gasteiger partial charge < -0.3 is 14.7 Å². The molecule has 1 amide bonds. The molecule has 0 saturated heterocycles. The summed E-state index contributed by atoms with van der Waals surface area (Å²) < 4.78 is 5.90. The molecule has 0 saturated carbocycles. The van der Waals surface area contributed by atoms with Crippen LogP contribution in [0.3, 0.4) is 0 Å². The Labute approximate surface area is 153 Å². The van der Waals surface area contributed by atoms with E-state index in [1.807, 2.05) is 45.0 Å². The van der Waals surface area contributed by atoms with E-state index in [1.165, 1.54) is 0 Å². The summed E-state index contributed by atoms with van der Waals surface area (Å²) in [7, 11) is 0. The van der Waals surface area contributed by atoms with Gasteiger partial charge in [-0.05, 0) is 36.6 Å². The molecule has 5 heteroatoms. The number of amides is 1. The molecule has 0 bridgehead atoms. The van der Waals surface area contributed by atoms with Crippen LogP contribution in [0.5, 0.6) is 5.75 Å². The van der Waals surface area contributed by atoms with E-state index in [0.29, 0.717) is 23.5 Å². The lowest BCUT2D eigenvalue weighted by Gasteiger charge is -2.36. The van der Waals surface area contributed by atoms with Crippen molar-refractivity contribution in [2.24, 2.45) is 5.92 Å². The number of Topliss-reactive ketones (excluding diaryl/α,β-unsaturated/α-hetero) is 1. The van der Waals surface area contributed by atoms with Gasteiger partial charge in [0.2, 0.25) is 0 Å². The minimum Gasteiger partial charge on any atom is -0.478 e. The monoisotopic (exact) mass is 353 g/mol. The van der Waals surface area contributed by atoms with Gasteiger partial charge in [0, 0.05) is 5.56 Å². The molecule has 1 heterocycles. The first-order valence-electron chi connectivity index (χ1n) is 8.72. The number of carbonyl (C=O) groups is 2. The molecule has 3 rings (SSSR count). The summed E-state index contributed by atoms with van der Waals surface area (Å²) in [6, 6.07) is 12.9. The van der Waals surface area contributed by atoms with Crippen LogP contribution < -0.4 is 9.64 Å². The number of fused-ring (bicyclic) bond motifs is 1. The molecule has 1 N–H and O–H groups in total. The molecule has 0 fully saturated rings. The van der Waals surface area contributed by atoms with Gasteiger partial charge in [0.25, 0.3) is 5.91 Å². The maximum absolute atomic E-state index is 13.0. The molecule has 1 atom stereocenters. The molecule has 0 spiro atoms. The fraction of sp³-hybridized carbons (Fsp3) is 0.333. The highest BCUT2D eigenvalue weighted by Crippen LogP contribution is 2.37. The summed E-state index contributed by atoms with van der Waals surface area (Å²) >= 11 is 0. The van der Waals surface area contributed by atoms with Crippen molar-refractivity contribution in [3.05, 3.63) is 59.2 Å². The van der Waals surface area contributed by atoms with E-state index >= 15 is 0 Å². The van der Waals surface area contributed by atoms with E-state index in [0.717, 1.165) is 11.1 Å². The van der Waals surface area contributed by atoms with Crippen LogP contribution >= 0.6 is 0 Å². The van der Waals surface area contributed by atoms with Crippen molar-refractivity contribution in [3.8, 4) is 5.75 Å². The van der Waals surface area contributed by atoms with Gasteiger partial charge in [-0.1, -0.05) is 43.7 Å². The average Bonchev–Trinajstić information content (AvgIpc) is 2.64. The van der Waals surface area contributed by atoms with Gasteiger partial charge in [-0.3, -0.25) is 9.59 Å². The van der Waals surface area contributed by atoms with E-state index in [2.05, 4.69) is 0 Å². The first-order valence-corrected chi connectivity index (χ1v) is 8.72. The van der Waals surface area contributed by atoms with E-state index in [1.54, 1.807) is 23.1 Å². The van der Waals surface area contributed by atoms with Gasteiger partial charge in [0.1, 0.15) is 12.4 Å². The van der Waals surface area contributed by atoms with Crippen LogP contribution in [0.4, 0.5) is 5.69 Å². The predicted molar refractivity (Wildman–Crippen MR) is 99.5 cm³/mol. The second-order valence-electron chi connectivity index (χ2n) is 6.96. The zero-order valence-electron chi connectivity index (χ0n) is 15.2. The van der Waals surface area contributed by atoms with Gasteiger partial charge in [0.15, 0.2) is 11.9 Å². The molecule has 1 aliphatic rings. The number of hydrogen-bond acceptors (Lipinski definition) is 4. The third kappa shape index (κ3) is 3.48. The van der Waals surface area contributed by atoms with Crippen molar-refractivity contribution in [1.29, 1.82) is 0 Å². The van der Waals surface area contributed by atoms with Crippen LogP contribution in [0, 0.1) is 12.8 Å². The Kier molecular flexibility index (Phi) is 5.09. The summed E-state index contributed by atoms with van der Waals surface area (Å²) in [5.74, 6) is 0.0861. The van der Waals surface area contributed by atoms with Gasteiger partial charge in [-0.2, -0.15) is 0 Å². The topological polar surface area (TPSA) is 66.8 Å². The van der Waals surface area contributed by atoms with Crippen LogP contribution in [0.2, 0.25) is 0 Å². The van der Waals surface area contributed by atoms with Crippen molar-refractivity contribution < 1.29 is 19.4 Å². The number of benzene rings is 2. The first kappa shape index (κ1) is 18.1. The fourth-order valence-electron chi connectivity index (χ4n) is 3.01. The number of carbonyl (C=O) groups excluding carboxylic acids is 2. The Morgan fingerprint density at radius 2 is 1.88 bits per heavy atom. The minimum atomic E-state index is -0.569. The third-order valence-electron chi connectivity index (χ3n) is 4.55. The maximum Gasteiger partial charge on any atom is 0.268 e. The van der Waals surface area contributed by atoms with Crippen molar-refractivity contribution >= 4 is 17.4 Å². The van der Waals surface area contributed by atoms with Crippen LogP contribution in [0.25, 0.3) is 0 Å². The molecule has 0 aromatic heterocycles. The molecule has 5 nitrogen and oxygen atoms in total. The Morgan fingerprint density at radius 1 is 1.19 bits per heavy atom. The molecule has 26 heavy (non-hydrogen) atoms. The lowest BCUT2D eigenvalue weighted by atomic mass is 10.0. The number of aliphatic hydroxyl groups is 1. The molecular weight excluding hydrogens is 330 g/mol. The molecule has 0 radical (unpaired) electrons. The quantitative estimate of drug-likeness (QED) is 0.839. The maximum atomic E-state index is 13.0. The average molecular weight is 353 g/mol. The van der Waals surface area contributed by atoms with Crippen LogP contribution in [0.1, 0.15) is 35.3 Å². The normalized spacial score (nSPS) is 16.4. The standard InChI is InChI=1S/C21H23NO4/c1-13(2)20-21(25)22(11-15-6-4-14(3)5-7-15)17-10-16(18(24)12-23)8-9-19(17)26-20/h4-10,13,20,23H,11-12H2,1-3H3. The SMILES string of the molecule is Cc1ccc(CN2C(=O)C(C(C)C)Oc3ccc(C(=O)CO)cc32)cc1. The number of ether oxygens (including phenoxy) is 1. The lowest BCUT2D eigenvalue weighted by Crippen LogP contribution is -2.48. The second-order valence-corrected chi connectivity index (χ2v) is 6.96. The Hall–Kier alpha value is -2.66. The molecule has 2 aromatic carbocycles. The zero-order chi connectivity index (χ0) is 18.8. The summed E-state index contributed by atoms with van der Waals surface area (Å²) in [5, 5.41) is 9.12. The largest absolute Gasteiger partial charge is 0.478 e. The second kappa shape index (κ2) is 7.30.